The Balaban J connectivity index is 1.15. The molecule has 0 aliphatic carbocycles. The van der Waals surface area contributed by atoms with Gasteiger partial charge >= 0.3 is 0 Å². The summed E-state index contributed by atoms with van der Waals surface area (Å²) in [6.45, 7) is 4.62. The molecule has 2 unspecified atom stereocenters. The predicted molar refractivity (Wildman–Crippen MR) is 143 cm³/mol. The smallest absolute Gasteiger partial charge is 0.239 e. The topological polar surface area (TPSA) is 101 Å². The van der Waals surface area contributed by atoms with Crippen LogP contribution in [0.25, 0.3) is 0 Å². The maximum Gasteiger partial charge on any atom is 0.239 e. The van der Waals surface area contributed by atoms with E-state index in [-0.39, 0.29) is 29.9 Å². The van der Waals surface area contributed by atoms with Crippen LogP contribution in [0.3, 0.4) is 0 Å². The second kappa shape index (κ2) is 11.2. The van der Waals surface area contributed by atoms with Crippen LogP contribution in [-0.4, -0.2) is 65.4 Å². The fraction of sp³-hybridized carbons (Fsp3) is 0.345. The average molecular weight is 518 g/mol. The van der Waals surface area contributed by atoms with Crippen molar-refractivity contribution in [2.45, 2.75) is 31.7 Å². The highest BCUT2D eigenvalue weighted by atomic mass is 19.1. The zero-order valence-corrected chi connectivity index (χ0v) is 21.4. The van der Waals surface area contributed by atoms with E-state index in [2.05, 4.69) is 17.2 Å². The third-order valence-corrected chi connectivity index (χ3v) is 7.15. The molecule has 2 aliphatic heterocycles. The molecule has 38 heavy (non-hydrogen) atoms. The van der Waals surface area contributed by atoms with Gasteiger partial charge in [0.1, 0.15) is 11.6 Å². The number of nitrogens with zero attached hydrogens (tertiary/aromatic N) is 3. The van der Waals surface area contributed by atoms with Crippen molar-refractivity contribution in [2.75, 3.05) is 38.0 Å². The van der Waals surface area contributed by atoms with E-state index >= 15 is 0 Å². The number of benzene rings is 2. The van der Waals surface area contributed by atoms with Gasteiger partial charge in [-0.25, -0.2) is 9.37 Å². The van der Waals surface area contributed by atoms with E-state index < -0.39 is 11.9 Å². The standard InChI is InChI=1S/C29H32FN5O3/c1-19-18-33-28-27(19)25(9-10-32-28)38-24-8-7-21(15-22(24)30)16-23(31)29(37)35-13-11-34(12-14-35)26(36)17-20-5-3-2-4-6-20/h2-10,15,19,23H,11-14,16-18,31H2,1H3,(H,32,33). The Labute approximate surface area is 221 Å². The molecule has 3 heterocycles. The molecule has 2 aromatic carbocycles. The average Bonchev–Trinajstić information content (AvgIpc) is 3.32. The number of hydrogen-bond acceptors (Lipinski definition) is 6. The molecule has 0 radical (unpaired) electrons. The lowest BCUT2D eigenvalue weighted by Crippen LogP contribution is -2.55. The summed E-state index contributed by atoms with van der Waals surface area (Å²) in [7, 11) is 0. The SMILES string of the molecule is CC1CNc2nccc(Oc3ccc(CC(N)C(=O)N4CCN(C(=O)Cc5ccccc5)CC4)cc3F)c21. The summed E-state index contributed by atoms with van der Waals surface area (Å²) in [5.74, 6) is 0.992. The molecule has 0 saturated carbocycles. The third-order valence-electron chi connectivity index (χ3n) is 7.15. The van der Waals surface area contributed by atoms with Gasteiger partial charge in [0.05, 0.1) is 12.5 Å². The van der Waals surface area contributed by atoms with E-state index in [1.807, 2.05) is 30.3 Å². The first-order valence-electron chi connectivity index (χ1n) is 12.9. The van der Waals surface area contributed by atoms with Crippen LogP contribution >= 0.6 is 0 Å². The lowest BCUT2D eigenvalue weighted by Gasteiger charge is -2.36. The van der Waals surface area contributed by atoms with Gasteiger partial charge in [0.25, 0.3) is 0 Å². The number of pyridine rings is 1. The summed E-state index contributed by atoms with van der Waals surface area (Å²) in [5.41, 5.74) is 8.75. The van der Waals surface area contributed by atoms with Crippen LogP contribution in [0, 0.1) is 5.82 Å². The van der Waals surface area contributed by atoms with E-state index in [0.29, 0.717) is 43.9 Å². The molecule has 8 nitrogen and oxygen atoms in total. The molecule has 2 aliphatic rings. The summed E-state index contributed by atoms with van der Waals surface area (Å²) in [4.78, 5) is 33.4. The summed E-state index contributed by atoms with van der Waals surface area (Å²) >= 11 is 0. The number of halogens is 1. The molecule has 1 aromatic heterocycles. The van der Waals surface area contributed by atoms with Crippen molar-refractivity contribution in [3.05, 3.63) is 83.3 Å². The second-order valence-electron chi connectivity index (χ2n) is 9.90. The molecule has 9 heteroatoms. The highest BCUT2D eigenvalue weighted by molar-refractivity contribution is 5.83. The van der Waals surface area contributed by atoms with Crippen LogP contribution in [0.2, 0.25) is 0 Å². The van der Waals surface area contributed by atoms with Crippen molar-refractivity contribution in [2.24, 2.45) is 5.73 Å². The van der Waals surface area contributed by atoms with Crippen molar-refractivity contribution in [1.29, 1.82) is 0 Å². The van der Waals surface area contributed by atoms with Gasteiger partial charge in [-0.05, 0) is 35.7 Å². The quantitative estimate of drug-likeness (QED) is 0.499. The van der Waals surface area contributed by atoms with Crippen molar-refractivity contribution in [1.82, 2.24) is 14.8 Å². The van der Waals surface area contributed by atoms with Gasteiger partial charge in [0.15, 0.2) is 11.6 Å². The van der Waals surface area contributed by atoms with Crippen LogP contribution < -0.4 is 15.8 Å². The number of anilines is 1. The van der Waals surface area contributed by atoms with Crippen molar-refractivity contribution in [3.8, 4) is 11.5 Å². The zero-order chi connectivity index (χ0) is 26.6. The number of carbonyl (C=O) groups excluding carboxylic acids is 2. The van der Waals surface area contributed by atoms with Gasteiger partial charge in [-0.3, -0.25) is 9.59 Å². The maximum absolute atomic E-state index is 14.9. The highest BCUT2D eigenvalue weighted by Crippen LogP contribution is 2.39. The lowest BCUT2D eigenvalue weighted by atomic mass is 10.0. The van der Waals surface area contributed by atoms with Gasteiger partial charge in [-0.1, -0.05) is 43.3 Å². The fourth-order valence-electron chi connectivity index (χ4n) is 5.02. The Morgan fingerprint density at radius 2 is 1.79 bits per heavy atom. The Bertz CT molecular complexity index is 1310. The molecule has 1 fully saturated rings. The number of nitrogens with one attached hydrogen (secondary N) is 1. The monoisotopic (exact) mass is 517 g/mol. The summed E-state index contributed by atoms with van der Waals surface area (Å²) in [5, 5.41) is 3.22. The third kappa shape index (κ3) is 5.62. The zero-order valence-electron chi connectivity index (χ0n) is 21.4. The largest absolute Gasteiger partial charge is 0.454 e. The second-order valence-corrected chi connectivity index (χ2v) is 9.90. The molecule has 2 amide bonds. The number of rotatable bonds is 7. The molecule has 0 spiro atoms. The van der Waals surface area contributed by atoms with Crippen LogP contribution in [0.1, 0.15) is 29.5 Å². The fourth-order valence-corrected chi connectivity index (χ4v) is 5.02. The molecular weight excluding hydrogens is 485 g/mol. The van der Waals surface area contributed by atoms with E-state index in [4.69, 9.17) is 10.5 Å². The van der Waals surface area contributed by atoms with Crippen molar-refractivity contribution in [3.63, 3.8) is 0 Å². The van der Waals surface area contributed by atoms with Crippen LogP contribution in [0.4, 0.5) is 10.2 Å². The summed E-state index contributed by atoms with van der Waals surface area (Å²) < 4.78 is 20.8. The molecule has 3 aromatic rings. The van der Waals surface area contributed by atoms with Crippen molar-refractivity contribution < 1.29 is 18.7 Å². The molecule has 3 N–H and O–H groups in total. The highest BCUT2D eigenvalue weighted by Gasteiger charge is 2.28. The number of aromatic nitrogens is 1. The minimum Gasteiger partial charge on any atom is -0.454 e. The Hall–Kier alpha value is -3.98. The number of fused-ring (bicyclic) bond motifs is 1. The van der Waals surface area contributed by atoms with E-state index in [0.717, 1.165) is 23.5 Å². The van der Waals surface area contributed by atoms with Gasteiger partial charge in [-0.15, -0.1) is 0 Å². The van der Waals surface area contributed by atoms with Crippen LogP contribution in [0.15, 0.2) is 60.8 Å². The Kier molecular flexibility index (Phi) is 7.55. The van der Waals surface area contributed by atoms with Gasteiger partial charge in [0.2, 0.25) is 11.8 Å². The molecular formula is C29H32FN5O3. The van der Waals surface area contributed by atoms with Crippen molar-refractivity contribution >= 4 is 17.6 Å². The van der Waals surface area contributed by atoms with E-state index in [1.165, 1.54) is 6.07 Å². The molecule has 198 valence electrons. The van der Waals surface area contributed by atoms with E-state index in [9.17, 15) is 14.0 Å². The number of hydrogen-bond donors (Lipinski definition) is 2. The number of nitrogens with two attached hydrogens (primary N) is 1. The Morgan fingerprint density at radius 3 is 2.53 bits per heavy atom. The number of piperazine rings is 1. The first-order valence-corrected chi connectivity index (χ1v) is 12.9. The minimum absolute atomic E-state index is 0.0489. The summed E-state index contributed by atoms with van der Waals surface area (Å²) in [6.07, 6.45) is 2.18. The number of amides is 2. The molecule has 1 saturated heterocycles. The first kappa shape index (κ1) is 25.7. The number of carbonyl (C=O) groups is 2. The number of ether oxygens (including phenoxy) is 1. The van der Waals surface area contributed by atoms with Gasteiger partial charge in [-0.2, -0.15) is 0 Å². The Morgan fingerprint density at radius 1 is 1.05 bits per heavy atom. The molecule has 0 bridgehead atoms. The lowest BCUT2D eigenvalue weighted by molar-refractivity contribution is -0.140. The van der Waals surface area contributed by atoms with E-state index in [1.54, 1.807) is 34.2 Å². The van der Waals surface area contributed by atoms with Crippen LogP contribution in [0.5, 0.6) is 11.5 Å². The van der Waals surface area contributed by atoms with Gasteiger partial charge < -0.3 is 25.6 Å². The normalized spacial score (nSPS) is 17.5. The van der Waals surface area contributed by atoms with Gasteiger partial charge in [0, 0.05) is 50.4 Å². The minimum atomic E-state index is -0.803. The maximum atomic E-state index is 14.9. The predicted octanol–water partition coefficient (Wildman–Crippen LogP) is 3.33. The van der Waals surface area contributed by atoms with Crippen LogP contribution in [-0.2, 0) is 22.4 Å². The molecule has 5 rings (SSSR count). The summed E-state index contributed by atoms with van der Waals surface area (Å²) in [6, 6.07) is 15.2. The molecule has 2 atom stereocenters. The first-order chi connectivity index (χ1) is 18.4.